The summed E-state index contributed by atoms with van der Waals surface area (Å²) in [6.45, 7) is 8.38. The van der Waals surface area contributed by atoms with Crippen molar-refractivity contribution >= 4 is 32.5 Å². The molecule has 19 heavy (non-hydrogen) atoms. The molecule has 1 aliphatic heterocycles. The summed E-state index contributed by atoms with van der Waals surface area (Å²) in [5, 5.41) is 4.65. The van der Waals surface area contributed by atoms with Crippen molar-refractivity contribution in [2.75, 3.05) is 31.1 Å². The number of nitrogens with zero attached hydrogens (tertiary/aromatic N) is 2. The number of fused-ring (bicyclic) bond motifs is 1. The number of hydrogen-bond donors (Lipinski definition) is 1. The van der Waals surface area contributed by atoms with Crippen LogP contribution in [0.2, 0.25) is 0 Å². The first-order chi connectivity index (χ1) is 9.18. The Balaban J connectivity index is 2.25. The summed E-state index contributed by atoms with van der Waals surface area (Å²) in [6.07, 6.45) is 0. The molecule has 100 valence electrons. The van der Waals surface area contributed by atoms with Crippen LogP contribution in [-0.2, 0) is 0 Å². The first-order valence-electron chi connectivity index (χ1n) is 6.69. The van der Waals surface area contributed by atoms with Gasteiger partial charge in [-0.3, -0.25) is 4.98 Å². The molecule has 1 N–H and O–H groups in total. The third-order valence-corrected chi connectivity index (χ3v) is 4.68. The van der Waals surface area contributed by atoms with E-state index in [1.54, 1.807) is 0 Å². The molecule has 2 heterocycles. The Labute approximate surface area is 122 Å². The second kappa shape index (κ2) is 5.10. The maximum Gasteiger partial charge on any atom is 0.0756 e. The smallest absolute Gasteiger partial charge is 0.0756 e. The van der Waals surface area contributed by atoms with Crippen molar-refractivity contribution in [3.05, 3.63) is 33.9 Å². The summed E-state index contributed by atoms with van der Waals surface area (Å²) in [5.74, 6) is 0. The summed E-state index contributed by atoms with van der Waals surface area (Å²) in [6, 6.07) is 6.42. The van der Waals surface area contributed by atoms with Gasteiger partial charge in [0, 0.05) is 31.6 Å². The SMILES string of the molecule is Cc1nc2c(C)cccc2c(N2CCNCC2)c1Br. The molecule has 4 heteroatoms. The zero-order valence-corrected chi connectivity index (χ0v) is 12.9. The molecule has 0 aliphatic carbocycles. The number of para-hydroxylation sites is 1. The predicted molar refractivity (Wildman–Crippen MR) is 84.0 cm³/mol. The van der Waals surface area contributed by atoms with Crippen LogP contribution < -0.4 is 10.2 Å². The number of rotatable bonds is 1. The van der Waals surface area contributed by atoms with Crippen LogP contribution >= 0.6 is 15.9 Å². The molecule has 1 saturated heterocycles. The Morgan fingerprint density at radius 2 is 1.95 bits per heavy atom. The summed E-state index contributed by atoms with van der Waals surface area (Å²) in [5.41, 5.74) is 4.73. The highest BCUT2D eigenvalue weighted by atomic mass is 79.9. The third-order valence-electron chi connectivity index (χ3n) is 3.73. The molecule has 1 aromatic heterocycles. The lowest BCUT2D eigenvalue weighted by atomic mass is 10.1. The number of aryl methyl sites for hydroxylation is 2. The Kier molecular flexibility index (Phi) is 3.46. The van der Waals surface area contributed by atoms with Crippen molar-refractivity contribution in [2.45, 2.75) is 13.8 Å². The monoisotopic (exact) mass is 319 g/mol. The summed E-state index contributed by atoms with van der Waals surface area (Å²) < 4.78 is 1.13. The molecule has 2 aromatic rings. The number of benzene rings is 1. The van der Waals surface area contributed by atoms with E-state index in [9.17, 15) is 0 Å². The van der Waals surface area contributed by atoms with Gasteiger partial charge in [0.25, 0.3) is 0 Å². The van der Waals surface area contributed by atoms with E-state index in [1.807, 2.05) is 0 Å². The molecule has 1 aromatic carbocycles. The Morgan fingerprint density at radius 1 is 1.21 bits per heavy atom. The van der Waals surface area contributed by atoms with Gasteiger partial charge in [-0.05, 0) is 35.3 Å². The van der Waals surface area contributed by atoms with Crippen molar-refractivity contribution in [2.24, 2.45) is 0 Å². The van der Waals surface area contributed by atoms with Crippen LogP contribution in [0.5, 0.6) is 0 Å². The molecule has 3 rings (SSSR count). The zero-order chi connectivity index (χ0) is 13.4. The molecular formula is C15H18BrN3. The maximum absolute atomic E-state index is 4.74. The number of anilines is 1. The van der Waals surface area contributed by atoms with Crippen molar-refractivity contribution in [1.29, 1.82) is 0 Å². The van der Waals surface area contributed by atoms with Gasteiger partial charge in [-0.2, -0.15) is 0 Å². The molecule has 0 spiro atoms. The maximum atomic E-state index is 4.74. The van der Waals surface area contributed by atoms with Crippen molar-refractivity contribution in [3.63, 3.8) is 0 Å². The standard InChI is InChI=1S/C15H18BrN3/c1-10-4-3-5-12-14(10)18-11(2)13(16)15(12)19-8-6-17-7-9-19/h3-5,17H,6-9H2,1-2H3. The van der Waals surface area contributed by atoms with Gasteiger partial charge in [0.15, 0.2) is 0 Å². The van der Waals surface area contributed by atoms with Crippen molar-refractivity contribution < 1.29 is 0 Å². The number of pyridine rings is 1. The van der Waals surface area contributed by atoms with Gasteiger partial charge in [0.2, 0.25) is 0 Å². The van der Waals surface area contributed by atoms with E-state index < -0.39 is 0 Å². The summed E-state index contributed by atoms with van der Waals surface area (Å²) >= 11 is 3.74. The highest BCUT2D eigenvalue weighted by Gasteiger charge is 2.19. The van der Waals surface area contributed by atoms with Crippen LogP contribution in [0, 0.1) is 13.8 Å². The molecule has 3 nitrogen and oxygen atoms in total. The molecule has 0 radical (unpaired) electrons. The van der Waals surface area contributed by atoms with E-state index in [1.165, 1.54) is 16.6 Å². The Hall–Kier alpha value is -1.13. The topological polar surface area (TPSA) is 28.2 Å². The highest BCUT2D eigenvalue weighted by molar-refractivity contribution is 9.10. The van der Waals surface area contributed by atoms with Crippen molar-refractivity contribution in [3.8, 4) is 0 Å². The predicted octanol–water partition coefficient (Wildman–Crippen LogP) is 3.02. The fourth-order valence-electron chi connectivity index (χ4n) is 2.70. The number of aromatic nitrogens is 1. The largest absolute Gasteiger partial charge is 0.367 e. The van der Waals surface area contributed by atoms with Gasteiger partial charge in [-0.25, -0.2) is 0 Å². The van der Waals surface area contributed by atoms with Gasteiger partial charge in [0.1, 0.15) is 0 Å². The van der Waals surface area contributed by atoms with Crippen LogP contribution in [0.1, 0.15) is 11.3 Å². The average molecular weight is 320 g/mol. The molecule has 1 fully saturated rings. The lowest BCUT2D eigenvalue weighted by Gasteiger charge is -2.31. The minimum absolute atomic E-state index is 1.04. The average Bonchev–Trinajstić information content (AvgIpc) is 2.42. The normalized spacial score (nSPS) is 16.1. The van der Waals surface area contributed by atoms with Crippen LogP contribution in [0.25, 0.3) is 10.9 Å². The van der Waals surface area contributed by atoms with Crippen LogP contribution in [-0.4, -0.2) is 31.2 Å². The lowest BCUT2D eigenvalue weighted by molar-refractivity contribution is 0.589. The van der Waals surface area contributed by atoms with Crippen LogP contribution in [0.4, 0.5) is 5.69 Å². The lowest BCUT2D eigenvalue weighted by Crippen LogP contribution is -2.43. The highest BCUT2D eigenvalue weighted by Crippen LogP contribution is 2.36. The fraction of sp³-hybridized carbons (Fsp3) is 0.400. The van der Waals surface area contributed by atoms with Gasteiger partial charge in [-0.15, -0.1) is 0 Å². The van der Waals surface area contributed by atoms with E-state index in [-0.39, 0.29) is 0 Å². The van der Waals surface area contributed by atoms with E-state index >= 15 is 0 Å². The molecule has 0 bridgehead atoms. The third kappa shape index (κ3) is 2.23. The van der Waals surface area contributed by atoms with Crippen LogP contribution in [0.3, 0.4) is 0 Å². The molecule has 0 unspecified atom stereocenters. The molecule has 0 saturated carbocycles. The summed E-state index contributed by atoms with van der Waals surface area (Å²) in [4.78, 5) is 7.20. The number of hydrogen-bond acceptors (Lipinski definition) is 3. The molecule has 0 amide bonds. The van der Waals surface area contributed by atoms with Crippen LogP contribution in [0.15, 0.2) is 22.7 Å². The molecule has 0 atom stereocenters. The zero-order valence-electron chi connectivity index (χ0n) is 11.3. The first-order valence-corrected chi connectivity index (χ1v) is 7.49. The Bertz CT molecular complexity index is 618. The quantitative estimate of drug-likeness (QED) is 0.875. The second-order valence-electron chi connectivity index (χ2n) is 5.07. The second-order valence-corrected chi connectivity index (χ2v) is 5.86. The van der Waals surface area contributed by atoms with E-state index in [4.69, 9.17) is 4.98 Å². The number of piperazine rings is 1. The first kappa shape index (κ1) is 12.9. The van der Waals surface area contributed by atoms with Gasteiger partial charge < -0.3 is 10.2 Å². The van der Waals surface area contributed by atoms with Gasteiger partial charge >= 0.3 is 0 Å². The van der Waals surface area contributed by atoms with E-state index in [0.29, 0.717) is 0 Å². The number of nitrogens with one attached hydrogen (secondary N) is 1. The van der Waals surface area contributed by atoms with Crippen molar-refractivity contribution in [1.82, 2.24) is 10.3 Å². The molecule has 1 aliphatic rings. The Morgan fingerprint density at radius 3 is 2.68 bits per heavy atom. The number of halogens is 1. The minimum atomic E-state index is 1.04. The van der Waals surface area contributed by atoms with E-state index in [0.717, 1.165) is 41.9 Å². The fourth-order valence-corrected chi connectivity index (χ4v) is 3.26. The molecular weight excluding hydrogens is 302 g/mol. The minimum Gasteiger partial charge on any atom is -0.367 e. The van der Waals surface area contributed by atoms with Gasteiger partial charge in [0.05, 0.1) is 21.4 Å². The summed E-state index contributed by atoms with van der Waals surface area (Å²) in [7, 11) is 0. The van der Waals surface area contributed by atoms with E-state index in [2.05, 4.69) is 58.2 Å². The van der Waals surface area contributed by atoms with Gasteiger partial charge in [-0.1, -0.05) is 18.2 Å².